The van der Waals surface area contributed by atoms with Crippen LogP contribution in [0.4, 0.5) is 0 Å². The van der Waals surface area contributed by atoms with Crippen LogP contribution in [0.3, 0.4) is 0 Å². The van der Waals surface area contributed by atoms with E-state index in [9.17, 15) is 8.42 Å². The zero-order valence-electron chi connectivity index (χ0n) is 10.2. The zero-order valence-corrected chi connectivity index (χ0v) is 11.0. The van der Waals surface area contributed by atoms with Gasteiger partial charge in [-0.1, -0.05) is 6.42 Å². The first-order chi connectivity index (χ1) is 7.51. The van der Waals surface area contributed by atoms with Crippen molar-refractivity contribution in [2.45, 2.75) is 44.4 Å². The average Bonchev–Trinajstić information content (AvgIpc) is 2.28. The third-order valence-corrected chi connectivity index (χ3v) is 6.00. The first-order valence-corrected chi connectivity index (χ1v) is 7.75. The van der Waals surface area contributed by atoms with E-state index in [1.165, 1.54) is 12.8 Å². The fourth-order valence-corrected chi connectivity index (χ4v) is 3.97. The molecule has 2 aliphatic rings. The van der Waals surface area contributed by atoms with Gasteiger partial charge in [-0.25, -0.2) is 8.42 Å². The molecule has 0 bridgehead atoms. The Morgan fingerprint density at radius 1 is 1.12 bits per heavy atom. The Balaban J connectivity index is 2.05. The molecule has 2 heterocycles. The van der Waals surface area contributed by atoms with Crippen molar-refractivity contribution in [3.05, 3.63) is 0 Å². The van der Waals surface area contributed by atoms with E-state index in [1.54, 1.807) is 18.2 Å². The molecule has 94 valence electrons. The molecule has 0 amide bonds. The minimum atomic E-state index is -3.04. The van der Waals surface area contributed by atoms with E-state index in [1.807, 2.05) is 0 Å². The highest BCUT2D eigenvalue weighted by atomic mass is 32.2. The van der Waals surface area contributed by atoms with Crippen molar-refractivity contribution in [3.8, 4) is 0 Å². The first kappa shape index (κ1) is 12.3. The van der Waals surface area contributed by atoms with Crippen LogP contribution < -0.4 is 0 Å². The average molecular weight is 246 g/mol. The maximum Gasteiger partial charge on any atom is 0.216 e. The predicted molar refractivity (Wildman–Crippen MR) is 64.8 cm³/mol. The molecule has 2 rings (SSSR count). The summed E-state index contributed by atoms with van der Waals surface area (Å²) in [5.41, 5.74) is 0. The van der Waals surface area contributed by atoms with E-state index in [0.29, 0.717) is 19.1 Å². The van der Waals surface area contributed by atoms with Crippen molar-refractivity contribution >= 4 is 10.0 Å². The molecular formula is C11H22N2O2S. The molecule has 0 radical (unpaired) electrons. The monoisotopic (exact) mass is 246 g/mol. The maximum atomic E-state index is 12.1. The van der Waals surface area contributed by atoms with Gasteiger partial charge in [0, 0.05) is 25.7 Å². The Morgan fingerprint density at radius 2 is 1.88 bits per heavy atom. The quantitative estimate of drug-likeness (QED) is 0.727. The molecule has 16 heavy (non-hydrogen) atoms. The summed E-state index contributed by atoms with van der Waals surface area (Å²) in [7, 11) is -3.04. The number of hydrogen-bond acceptors (Lipinski definition) is 3. The van der Waals surface area contributed by atoms with E-state index in [4.69, 9.17) is 0 Å². The van der Waals surface area contributed by atoms with Crippen molar-refractivity contribution in [2.75, 3.05) is 26.2 Å². The highest BCUT2D eigenvalue weighted by Gasteiger charge is 2.35. The summed E-state index contributed by atoms with van der Waals surface area (Å²) in [4.78, 5) is 2.45. The number of hydrogen-bond donors (Lipinski definition) is 0. The summed E-state index contributed by atoms with van der Waals surface area (Å²) in [5, 5.41) is -0.289. The molecule has 4 nitrogen and oxygen atoms in total. The fraction of sp³-hybridized carbons (Fsp3) is 1.00. The number of piperidine rings is 1. The van der Waals surface area contributed by atoms with Gasteiger partial charge in [-0.15, -0.1) is 0 Å². The third kappa shape index (κ3) is 2.26. The minimum Gasteiger partial charge on any atom is -0.298 e. The summed E-state index contributed by atoms with van der Waals surface area (Å²) < 4.78 is 25.8. The van der Waals surface area contributed by atoms with Gasteiger partial charge in [0.25, 0.3) is 0 Å². The van der Waals surface area contributed by atoms with Gasteiger partial charge in [0.2, 0.25) is 10.0 Å². The van der Waals surface area contributed by atoms with Crippen LogP contribution in [0.15, 0.2) is 0 Å². The molecule has 0 aliphatic carbocycles. The molecule has 5 heteroatoms. The summed E-state index contributed by atoms with van der Waals surface area (Å²) in [6.45, 7) is 6.99. The lowest BCUT2D eigenvalue weighted by molar-refractivity contribution is 0.0849. The van der Waals surface area contributed by atoms with Crippen LogP contribution in [0.25, 0.3) is 0 Å². The second-order valence-electron chi connectivity index (χ2n) is 5.14. The molecule has 2 aliphatic heterocycles. The number of sulfonamides is 1. The third-order valence-electron chi connectivity index (χ3n) is 3.76. The molecule has 2 fully saturated rings. The molecule has 1 atom stereocenters. The van der Waals surface area contributed by atoms with Gasteiger partial charge in [-0.05, 0) is 33.2 Å². The molecule has 0 N–H and O–H groups in total. The largest absolute Gasteiger partial charge is 0.298 e. The molecule has 0 aromatic heterocycles. The molecular weight excluding hydrogens is 224 g/mol. The molecule has 0 spiro atoms. The van der Waals surface area contributed by atoms with Gasteiger partial charge in [-0.2, -0.15) is 4.31 Å². The topological polar surface area (TPSA) is 40.6 Å². The van der Waals surface area contributed by atoms with Gasteiger partial charge < -0.3 is 0 Å². The highest BCUT2D eigenvalue weighted by molar-refractivity contribution is 7.89. The van der Waals surface area contributed by atoms with E-state index in [2.05, 4.69) is 4.90 Å². The van der Waals surface area contributed by atoms with Gasteiger partial charge in [0.1, 0.15) is 0 Å². The van der Waals surface area contributed by atoms with E-state index < -0.39 is 10.0 Å². The fourth-order valence-electron chi connectivity index (χ4n) is 2.66. The molecule has 0 aromatic rings. The standard InChI is InChI=1S/C11H22N2O2S/c1-10(2)16(14,15)13-8-7-12-6-4-3-5-11(12)9-13/h10-11H,3-9H2,1-2H3. The van der Waals surface area contributed by atoms with Crippen LogP contribution >= 0.6 is 0 Å². The Kier molecular flexibility index (Phi) is 3.56. The van der Waals surface area contributed by atoms with E-state index in [0.717, 1.165) is 19.5 Å². The van der Waals surface area contributed by atoms with E-state index in [-0.39, 0.29) is 5.25 Å². The Bertz CT molecular complexity index is 340. The smallest absolute Gasteiger partial charge is 0.216 e. The van der Waals surface area contributed by atoms with Crippen molar-refractivity contribution in [2.24, 2.45) is 0 Å². The van der Waals surface area contributed by atoms with Crippen molar-refractivity contribution in [3.63, 3.8) is 0 Å². The highest BCUT2D eigenvalue weighted by Crippen LogP contribution is 2.23. The normalized spacial score (nSPS) is 29.3. The lowest BCUT2D eigenvalue weighted by atomic mass is 10.0. The SMILES string of the molecule is CC(C)S(=O)(=O)N1CCN2CCCCC2C1. The first-order valence-electron chi connectivity index (χ1n) is 6.25. The Hall–Kier alpha value is -0.130. The minimum absolute atomic E-state index is 0.289. The lowest BCUT2D eigenvalue weighted by Gasteiger charge is -2.43. The van der Waals surface area contributed by atoms with Crippen LogP contribution in [0.2, 0.25) is 0 Å². The van der Waals surface area contributed by atoms with Crippen LogP contribution in [-0.4, -0.2) is 55.1 Å². The van der Waals surface area contributed by atoms with Crippen molar-refractivity contribution in [1.82, 2.24) is 9.21 Å². The predicted octanol–water partition coefficient (Wildman–Crippen LogP) is 0.895. The van der Waals surface area contributed by atoms with Gasteiger partial charge >= 0.3 is 0 Å². The van der Waals surface area contributed by atoms with Crippen molar-refractivity contribution in [1.29, 1.82) is 0 Å². The molecule has 0 saturated carbocycles. The summed E-state index contributed by atoms with van der Waals surface area (Å²) in [5.74, 6) is 0. The summed E-state index contributed by atoms with van der Waals surface area (Å²) in [6.07, 6.45) is 3.67. The van der Waals surface area contributed by atoms with Crippen LogP contribution in [0.5, 0.6) is 0 Å². The van der Waals surface area contributed by atoms with Crippen LogP contribution in [-0.2, 0) is 10.0 Å². The number of piperazine rings is 1. The molecule has 0 aromatic carbocycles. The second-order valence-corrected chi connectivity index (χ2v) is 7.63. The number of rotatable bonds is 2. The van der Waals surface area contributed by atoms with Crippen LogP contribution in [0.1, 0.15) is 33.1 Å². The maximum absolute atomic E-state index is 12.1. The summed E-state index contributed by atoms with van der Waals surface area (Å²) in [6, 6.07) is 0.469. The van der Waals surface area contributed by atoms with Gasteiger partial charge in [-0.3, -0.25) is 4.90 Å². The number of fused-ring (bicyclic) bond motifs is 1. The zero-order chi connectivity index (χ0) is 11.8. The lowest BCUT2D eigenvalue weighted by Crippen LogP contribution is -2.57. The van der Waals surface area contributed by atoms with Gasteiger partial charge in [0.05, 0.1) is 5.25 Å². The summed E-state index contributed by atoms with van der Waals surface area (Å²) >= 11 is 0. The van der Waals surface area contributed by atoms with E-state index >= 15 is 0 Å². The van der Waals surface area contributed by atoms with Gasteiger partial charge in [0.15, 0.2) is 0 Å². The second kappa shape index (κ2) is 4.63. The Labute approximate surface area is 98.7 Å². The molecule has 2 saturated heterocycles. The van der Waals surface area contributed by atoms with Crippen molar-refractivity contribution < 1.29 is 8.42 Å². The number of nitrogens with zero attached hydrogens (tertiary/aromatic N) is 2. The molecule has 1 unspecified atom stereocenters. The Morgan fingerprint density at radius 3 is 2.56 bits per heavy atom. The van der Waals surface area contributed by atoms with Crippen LogP contribution in [0, 0.1) is 0 Å².